The van der Waals surface area contributed by atoms with Crippen LogP contribution in [0.5, 0.6) is 0 Å². The normalized spacial score (nSPS) is 10.3. The van der Waals surface area contributed by atoms with Crippen molar-refractivity contribution in [2.24, 2.45) is 0 Å². The molecule has 0 aliphatic rings. The van der Waals surface area contributed by atoms with E-state index >= 15 is 0 Å². The topological polar surface area (TPSA) is 101 Å². The molecule has 1 aromatic heterocycles. The summed E-state index contributed by atoms with van der Waals surface area (Å²) in [5.74, 6) is -0.846. The van der Waals surface area contributed by atoms with Gasteiger partial charge in [-0.05, 0) is 25.1 Å². The maximum atomic E-state index is 13.3. The van der Waals surface area contributed by atoms with Crippen molar-refractivity contribution in [1.82, 2.24) is 4.57 Å². The predicted molar refractivity (Wildman–Crippen MR) is 103 cm³/mol. The molecule has 1 heterocycles. The molecular formula is C21H17N3O4. The molecule has 0 bridgehead atoms. The zero-order valence-electron chi connectivity index (χ0n) is 15.4. The molecule has 0 aliphatic heterocycles. The third-order valence-electron chi connectivity index (χ3n) is 4.10. The van der Waals surface area contributed by atoms with E-state index in [9.17, 15) is 19.6 Å². The van der Waals surface area contributed by atoms with Crippen LogP contribution in [-0.2, 0) is 9.53 Å². The molecule has 1 N–H and O–H groups in total. The SMILES string of the molecule is CCOC(=O)n1c(C(=O)c2ccccc2)c(NC(C)=O)c2ccc(C#N)cc21. The third-order valence-corrected chi connectivity index (χ3v) is 4.10. The van der Waals surface area contributed by atoms with Gasteiger partial charge in [0.2, 0.25) is 11.7 Å². The van der Waals surface area contributed by atoms with Gasteiger partial charge in [0.05, 0.1) is 29.4 Å². The lowest BCUT2D eigenvalue weighted by molar-refractivity contribution is -0.114. The molecule has 0 spiro atoms. The molecule has 3 aromatic rings. The molecule has 140 valence electrons. The zero-order chi connectivity index (χ0) is 20.3. The number of ether oxygens (including phenoxy) is 1. The average molecular weight is 375 g/mol. The minimum Gasteiger partial charge on any atom is -0.449 e. The number of rotatable bonds is 4. The monoisotopic (exact) mass is 375 g/mol. The first-order chi connectivity index (χ1) is 13.5. The second-order valence-corrected chi connectivity index (χ2v) is 5.98. The van der Waals surface area contributed by atoms with Gasteiger partial charge in [0, 0.05) is 17.9 Å². The number of hydrogen-bond acceptors (Lipinski definition) is 5. The molecule has 7 heteroatoms. The van der Waals surface area contributed by atoms with Crippen LogP contribution in [0.1, 0.15) is 35.5 Å². The van der Waals surface area contributed by atoms with E-state index in [1.54, 1.807) is 49.4 Å². The van der Waals surface area contributed by atoms with Gasteiger partial charge in [-0.15, -0.1) is 0 Å². The first-order valence-electron chi connectivity index (χ1n) is 8.61. The zero-order valence-corrected chi connectivity index (χ0v) is 15.4. The molecule has 3 rings (SSSR count). The van der Waals surface area contributed by atoms with Crippen LogP contribution in [0.3, 0.4) is 0 Å². The summed E-state index contributed by atoms with van der Waals surface area (Å²) >= 11 is 0. The van der Waals surface area contributed by atoms with Crippen LogP contribution < -0.4 is 5.32 Å². The van der Waals surface area contributed by atoms with Gasteiger partial charge in [-0.2, -0.15) is 5.26 Å². The largest absolute Gasteiger partial charge is 0.449 e. The molecule has 0 fully saturated rings. The maximum Gasteiger partial charge on any atom is 0.419 e. The number of nitriles is 1. The minimum atomic E-state index is -0.765. The van der Waals surface area contributed by atoms with E-state index in [2.05, 4.69) is 5.32 Å². The highest BCUT2D eigenvalue weighted by Crippen LogP contribution is 2.34. The molecule has 0 atom stereocenters. The Balaban J connectivity index is 2.39. The third kappa shape index (κ3) is 3.35. The number of anilines is 1. The van der Waals surface area contributed by atoms with Gasteiger partial charge in [-0.1, -0.05) is 30.3 Å². The van der Waals surface area contributed by atoms with Crippen molar-refractivity contribution in [2.45, 2.75) is 13.8 Å². The Labute approximate surface area is 161 Å². The first-order valence-corrected chi connectivity index (χ1v) is 8.61. The molecule has 1 amide bonds. The van der Waals surface area contributed by atoms with Crippen molar-refractivity contribution >= 4 is 34.4 Å². The summed E-state index contributed by atoms with van der Waals surface area (Å²) in [5, 5.41) is 12.3. The summed E-state index contributed by atoms with van der Waals surface area (Å²) in [6, 6.07) is 15.1. The van der Waals surface area contributed by atoms with Crippen molar-refractivity contribution < 1.29 is 19.1 Å². The highest BCUT2D eigenvalue weighted by molar-refractivity contribution is 6.21. The summed E-state index contributed by atoms with van der Waals surface area (Å²) in [6.45, 7) is 3.07. The van der Waals surface area contributed by atoms with Gasteiger partial charge in [0.25, 0.3) is 0 Å². The fraction of sp³-hybridized carbons (Fsp3) is 0.143. The number of amides is 1. The molecule has 28 heavy (non-hydrogen) atoms. The van der Waals surface area contributed by atoms with Crippen molar-refractivity contribution in [3.05, 3.63) is 65.4 Å². The van der Waals surface area contributed by atoms with E-state index in [0.29, 0.717) is 22.0 Å². The molecule has 0 aliphatic carbocycles. The van der Waals surface area contributed by atoms with Gasteiger partial charge in [0.15, 0.2) is 0 Å². The minimum absolute atomic E-state index is 0.0232. The van der Waals surface area contributed by atoms with Crippen LogP contribution in [0.2, 0.25) is 0 Å². The Morgan fingerprint density at radius 2 is 1.86 bits per heavy atom. The summed E-state index contributed by atoms with van der Waals surface area (Å²) in [4.78, 5) is 37.8. The fourth-order valence-electron chi connectivity index (χ4n) is 2.98. The molecule has 0 saturated heterocycles. The molecule has 2 aromatic carbocycles. The highest BCUT2D eigenvalue weighted by Gasteiger charge is 2.28. The second-order valence-electron chi connectivity index (χ2n) is 5.98. The van der Waals surface area contributed by atoms with Gasteiger partial charge < -0.3 is 10.1 Å². The Morgan fingerprint density at radius 3 is 2.46 bits per heavy atom. The number of benzene rings is 2. The van der Waals surface area contributed by atoms with Crippen molar-refractivity contribution in [3.8, 4) is 6.07 Å². The lowest BCUT2D eigenvalue weighted by Gasteiger charge is -2.10. The number of fused-ring (bicyclic) bond motifs is 1. The molecular weight excluding hydrogens is 358 g/mol. The summed E-state index contributed by atoms with van der Waals surface area (Å²) in [7, 11) is 0. The summed E-state index contributed by atoms with van der Waals surface area (Å²) in [5.41, 5.74) is 1.14. The van der Waals surface area contributed by atoms with Gasteiger partial charge in [-0.3, -0.25) is 9.59 Å². The molecule has 0 unspecified atom stereocenters. The Kier molecular flexibility index (Phi) is 5.23. The van der Waals surface area contributed by atoms with Gasteiger partial charge >= 0.3 is 6.09 Å². The average Bonchev–Trinajstić information content (AvgIpc) is 3.01. The van der Waals surface area contributed by atoms with E-state index in [4.69, 9.17) is 4.74 Å². The van der Waals surface area contributed by atoms with E-state index in [-0.39, 0.29) is 18.0 Å². The van der Waals surface area contributed by atoms with Gasteiger partial charge in [-0.25, -0.2) is 9.36 Å². The standard InChI is InChI=1S/C21H17N3O4/c1-3-28-21(27)24-17-11-14(12-22)9-10-16(17)18(23-13(2)25)19(24)20(26)15-7-5-4-6-8-15/h4-11H,3H2,1-2H3,(H,23,25). The number of carbonyl (C=O) groups excluding carboxylic acids is 3. The number of aromatic nitrogens is 1. The van der Waals surface area contributed by atoms with Crippen molar-refractivity contribution in [1.29, 1.82) is 5.26 Å². The van der Waals surface area contributed by atoms with Crippen LogP contribution in [-0.4, -0.2) is 29.0 Å². The van der Waals surface area contributed by atoms with Crippen LogP contribution in [0.15, 0.2) is 48.5 Å². The Morgan fingerprint density at radius 1 is 1.14 bits per heavy atom. The molecule has 7 nitrogen and oxygen atoms in total. The lowest BCUT2D eigenvalue weighted by atomic mass is 10.1. The quantitative estimate of drug-likeness (QED) is 0.701. The smallest absolute Gasteiger partial charge is 0.419 e. The number of nitrogens with one attached hydrogen (secondary N) is 1. The Bertz CT molecular complexity index is 1120. The highest BCUT2D eigenvalue weighted by atomic mass is 16.5. The number of nitrogens with zero attached hydrogens (tertiary/aromatic N) is 2. The Hall–Kier alpha value is -3.92. The van der Waals surface area contributed by atoms with Crippen LogP contribution in [0.4, 0.5) is 10.5 Å². The van der Waals surface area contributed by atoms with Crippen LogP contribution in [0.25, 0.3) is 10.9 Å². The first kappa shape index (κ1) is 18.9. The molecule has 0 saturated carbocycles. The van der Waals surface area contributed by atoms with Crippen LogP contribution >= 0.6 is 0 Å². The van der Waals surface area contributed by atoms with Gasteiger partial charge in [0.1, 0.15) is 5.69 Å². The van der Waals surface area contributed by atoms with E-state index in [1.807, 2.05) is 6.07 Å². The van der Waals surface area contributed by atoms with Crippen LogP contribution in [0, 0.1) is 11.3 Å². The van der Waals surface area contributed by atoms with E-state index in [0.717, 1.165) is 4.57 Å². The summed E-state index contributed by atoms with van der Waals surface area (Å²) in [6.07, 6.45) is -0.765. The summed E-state index contributed by atoms with van der Waals surface area (Å²) < 4.78 is 6.24. The fourth-order valence-corrected chi connectivity index (χ4v) is 2.98. The van der Waals surface area contributed by atoms with Crippen molar-refractivity contribution in [2.75, 3.05) is 11.9 Å². The number of hydrogen-bond donors (Lipinski definition) is 1. The lowest BCUT2D eigenvalue weighted by Crippen LogP contribution is -2.21. The van der Waals surface area contributed by atoms with E-state index < -0.39 is 17.8 Å². The molecule has 0 radical (unpaired) electrons. The maximum absolute atomic E-state index is 13.3. The van der Waals surface area contributed by atoms with E-state index in [1.165, 1.54) is 13.0 Å². The predicted octanol–water partition coefficient (Wildman–Crippen LogP) is 3.71. The second kappa shape index (κ2) is 7.76. The number of ketones is 1. The number of carbonyl (C=O) groups is 3. The van der Waals surface area contributed by atoms with Crippen molar-refractivity contribution in [3.63, 3.8) is 0 Å².